The van der Waals surface area contributed by atoms with E-state index in [1.807, 2.05) is 0 Å². The number of ether oxygens (including phenoxy) is 2. The lowest BCUT2D eigenvalue weighted by atomic mass is 9.45. The Morgan fingerprint density at radius 1 is 1.15 bits per heavy atom. The number of carbonyl (C=O) groups excluding carboxylic acids is 3. The average molecular weight is 569 g/mol. The van der Waals surface area contributed by atoms with Crippen LogP contribution in [0.3, 0.4) is 0 Å². The van der Waals surface area contributed by atoms with Crippen molar-refractivity contribution >= 4 is 29.3 Å². The van der Waals surface area contributed by atoms with Gasteiger partial charge in [0.1, 0.15) is 6.17 Å². The zero-order valence-electron chi connectivity index (χ0n) is 22.9. The van der Waals surface area contributed by atoms with Crippen LogP contribution in [0.1, 0.15) is 78.6 Å². The minimum atomic E-state index is -1.85. The summed E-state index contributed by atoms with van der Waals surface area (Å²) in [5, 5.41) is 11.8. The number of alkyl halides is 3. The zero-order valence-corrected chi connectivity index (χ0v) is 23.6. The van der Waals surface area contributed by atoms with E-state index in [0.717, 1.165) is 32.1 Å². The molecule has 0 aromatic carbocycles. The van der Waals surface area contributed by atoms with Crippen LogP contribution in [-0.4, -0.2) is 52.4 Å². The van der Waals surface area contributed by atoms with E-state index in [4.69, 9.17) is 21.1 Å². The van der Waals surface area contributed by atoms with Crippen molar-refractivity contribution in [1.29, 1.82) is 0 Å². The molecule has 0 aliphatic heterocycles. The number of fused-ring (bicyclic) bond motifs is 5. The normalized spacial score (nSPS) is 45.6. The molecule has 0 aromatic heterocycles. The van der Waals surface area contributed by atoms with Gasteiger partial charge >= 0.3 is 11.9 Å². The fraction of sp³-hybridized carbons (Fsp3) is 0.767. The number of ketones is 1. The van der Waals surface area contributed by atoms with E-state index >= 15 is 4.39 Å². The van der Waals surface area contributed by atoms with Crippen LogP contribution < -0.4 is 0 Å². The average Bonchev–Trinajstić information content (AvgIpc) is 3.10. The molecule has 6 nitrogen and oxygen atoms in total. The number of esters is 2. The van der Waals surface area contributed by atoms with Gasteiger partial charge in [-0.15, -0.1) is 11.6 Å². The first-order valence-corrected chi connectivity index (χ1v) is 14.6. The van der Waals surface area contributed by atoms with Gasteiger partial charge in [-0.25, -0.2) is 13.6 Å². The standard InChI is InChI=1S/C30H39ClF2O6/c1-17-11-20-21-14-23(33)22-13-19(34)9-10-27(22,2)29(21,31)24(35)15-28(20,3)30(17,26(37)38-16-32)39-25(36)12-18-7-5-4-6-8-18/h9-10,13,17-18,20-21,23-24,35H,4-8,11-12,14-16H2,1-3H3/t17-,20+,21+,23+,24+,27+,28+,29+,30+/m1/s1. The van der Waals surface area contributed by atoms with Crippen molar-refractivity contribution in [1.82, 2.24) is 0 Å². The van der Waals surface area contributed by atoms with Gasteiger partial charge in [-0.1, -0.05) is 46.1 Å². The number of allylic oxidation sites excluding steroid dienone is 4. The lowest BCUT2D eigenvalue weighted by Crippen LogP contribution is -2.70. The van der Waals surface area contributed by atoms with Gasteiger partial charge in [0.2, 0.25) is 12.5 Å². The summed E-state index contributed by atoms with van der Waals surface area (Å²) in [5.41, 5.74) is -3.93. The molecule has 0 radical (unpaired) electrons. The Kier molecular flexibility index (Phi) is 7.31. The Morgan fingerprint density at radius 2 is 1.85 bits per heavy atom. The Bertz CT molecular complexity index is 1100. The van der Waals surface area contributed by atoms with Crippen molar-refractivity contribution < 1.29 is 37.7 Å². The van der Waals surface area contributed by atoms with Gasteiger partial charge in [-0.2, -0.15) is 0 Å². The van der Waals surface area contributed by atoms with E-state index in [9.17, 15) is 23.9 Å². The summed E-state index contributed by atoms with van der Waals surface area (Å²) in [6.07, 6.45) is 6.93. The third-order valence-corrected chi connectivity index (χ3v) is 12.0. The van der Waals surface area contributed by atoms with E-state index in [1.165, 1.54) is 12.2 Å². The Hall–Kier alpha value is -1.80. The van der Waals surface area contributed by atoms with Crippen LogP contribution in [0.5, 0.6) is 0 Å². The second-order valence-electron chi connectivity index (χ2n) is 13.0. The summed E-state index contributed by atoms with van der Waals surface area (Å²) in [7, 11) is 0. The molecule has 0 spiro atoms. The maximum Gasteiger partial charge on any atom is 0.353 e. The molecule has 0 heterocycles. The van der Waals surface area contributed by atoms with Crippen molar-refractivity contribution in [2.24, 2.45) is 34.5 Å². The second kappa shape index (κ2) is 9.93. The minimum absolute atomic E-state index is 0.0400. The molecular formula is C30H39ClF2O6. The summed E-state index contributed by atoms with van der Waals surface area (Å²) >= 11 is 7.40. The van der Waals surface area contributed by atoms with Crippen LogP contribution in [0.15, 0.2) is 23.8 Å². The molecule has 4 fully saturated rings. The summed E-state index contributed by atoms with van der Waals surface area (Å²) in [6, 6.07) is 0. The van der Waals surface area contributed by atoms with Gasteiger partial charge in [0.15, 0.2) is 5.78 Å². The van der Waals surface area contributed by atoms with E-state index in [-0.39, 0.29) is 36.5 Å². The molecule has 5 aliphatic rings. The van der Waals surface area contributed by atoms with Gasteiger partial charge in [0.25, 0.3) is 0 Å². The summed E-state index contributed by atoms with van der Waals surface area (Å²) in [6.45, 7) is 3.89. The van der Waals surface area contributed by atoms with Crippen molar-refractivity contribution in [3.8, 4) is 0 Å². The molecule has 5 rings (SSSR count). The van der Waals surface area contributed by atoms with Gasteiger partial charge < -0.3 is 14.6 Å². The number of rotatable bonds is 5. The van der Waals surface area contributed by atoms with E-state index in [2.05, 4.69) is 0 Å². The smallest absolute Gasteiger partial charge is 0.353 e. The fourth-order valence-corrected chi connectivity index (χ4v) is 9.71. The topological polar surface area (TPSA) is 89.9 Å². The van der Waals surface area contributed by atoms with Gasteiger partial charge in [-0.05, 0) is 67.6 Å². The van der Waals surface area contributed by atoms with Gasteiger partial charge in [-0.3, -0.25) is 9.59 Å². The predicted molar refractivity (Wildman–Crippen MR) is 140 cm³/mol. The number of halogens is 3. The van der Waals surface area contributed by atoms with Gasteiger partial charge in [0.05, 0.1) is 11.0 Å². The summed E-state index contributed by atoms with van der Waals surface area (Å²) in [5.74, 6) is -3.33. The Balaban J connectivity index is 1.55. The monoisotopic (exact) mass is 568 g/mol. The second-order valence-corrected chi connectivity index (χ2v) is 13.6. The molecule has 9 heteroatoms. The lowest BCUT2D eigenvalue weighted by Gasteiger charge is -2.64. The molecule has 0 bridgehead atoms. The lowest BCUT2D eigenvalue weighted by molar-refractivity contribution is -0.220. The molecule has 0 aromatic rings. The molecule has 5 aliphatic carbocycles. The highest BCUT2D eigenvalue weighted by molar-refractivity contribution is 6.26. The SMILES string of the molecule is C[C@@H]1C[C@H]2[C@@H]3C[C@H](F)C4=CC(=O)C=C[C@]4(C)[C@@]3(Cl)[C@@H](O)C[C@]2(C)[C@@]1(OC(=O)CC1CCCCC1)C(=O)OCF. The Labute approximate surface area is 233 Å². The Morgan fingerprint density at radius 3 is 2.51 bits per heavy atom. The first-order valence-electron chi connectivity index (χ1n) is 14.3. The molecule has 1 N–H and O–H groups in total. The molecule has 0 amide bonds. The highest BCUT2D eigenvalue weighted by atomic mass is 35.5. The quantitative estimate of drug-likeness (QED) is 0.346. The maximum absolute atomic E-state index is 15.8. The first-order chi connectivity index (χ1) is 18.3. The van der Waals surface area contributed by atoms with Crippen molar-refractivity contribution in [3.63, 3.8) is 0 Å². The van der Waals surface area contributed by atoms with Crippen LogP contribution in [-0.2, 0) is 23.9 Å². The minimum Gasteiger partial charge on any atom is -0.446 e. The number of hydrogen-bond donors (Lipinski definition) is 1. The third-order valence-electron chi connectivity index (χ3n) is 11.1. The maximum atomic E-state index is 15.8. The highest BCUT2D eigenvalue weighted by Crippen LogP contribution is 2.72. The number of aliphatic hydroxyl groups excluding tert-OH is 1. The van der Waals surface area contributed by atoms with Crippen LogP contribution in [0.25, 0.3) is 0 Å². The molecule has 0 unspecified atom stereocenters. The molecule has 216 valence electrons. The summed E-state index contributed by atoms with van der Waals surface area (Å²) < 4.78 is 40.3. The van der Waals surface area contributed by atoms with Crippen molar-refractivity contribution in [2.75, 3.05) is 6.86 Å². The van der Waals surface area contributed by atoms with Crippen LogP contribution >= 0.6 is 11.6 Å². The highest BCUT2D eigenvalue weighted by Gasteiger charge is 2.78. The van der Waals surface area contributed by atoms with Gasteiger partial charge in [0, 0.05) is 23.2 Å². The van der Waals surface area contributed by atoms with Crippen molar-refractivity contribution in [2.45, 2.75) is 101 Å². The predicted octanol–water partition coefficient (Wildman–Crippen LogP) is 5.54. The van der Waals surface area contributed by atoms with E-state index in [1.54, 1.807) is 26.8 Å². The molecular weight excluding hydrogens is 530 g/mol. The van der Waals surface area contributed by atoms with Crippen LogP contribution in [0.2, 0.25) is 0 Å². The van der Waals surface area contributed by atoms with Crippen LogP contribution in [0, 0.1) is 34.5 Å². The number of carbonyl (C=O) groups is 3. The zero-order chi connectivity index (χ0) is 28.4. The molecule has 4 saturated carbocycles. The van der Waals surface area contributed by atoms with E-state index in [0.29, 0.717) is 6.42 Å². The van der Waals surface area contributed by atoms with Crippen molar-refractivity contribution in [3.05, 3.63) is 23.8 Å². The van der Waals surface area contributed by atoms with Crippen LogP contribution in [0.4, 0.5) is 8.78 Å². The third kappa shape index (κ3) is 3.98. The molecule has 39 heavy (non-hydrogen) atoms. The largest absolute Gasteiger partial charge is 0.446 e. The number of aliphatic hydroxyl groups is 1. The summed E-state index contributed by atoms with van der Waals surface area (Å²) in [4.78, 5) is 37.8. The first kappa shape index (κ1) is 28.7. The molecule has 9 atom stereocenters. The number of hydrogen-bond acceptors (Lipinski definition) is 6. The van der Waals surface area contributed by atoms with E-state index < -0.39 is 70.1 Å². The molecule has 0 saturated heterocycles. The fourth-order valence-electron chi connectivity index (χ4n) is 9.22.